The number of hydrogen-bond donors (Lipinski definition) is 2. The summed E-state index contributed by atoms with van der Waals surface area (Å²) in [7, 11) is 0. The van der Waals surface area contributed by atoms with E-state index in [-0.39, 0.29) is 5.56 Å². The van der Waals surface area contributed by atoms with Crippen molar-refractivity contribution in [1.29, 1.82) is 0 Å². The van der Waals surface area contributed by atoms with Gasteiger partial charge < -0.3 is 11.1 Å². The molecule has 1 amide bonds. The molecule has 1 aromatic rings. The van der Waals surface area contributed by atoms with Gasteiger partial charge in [-0.3, -0.25) is 14.9 Å². The van der Waals surface area contributed by atoms with Gasteiger partial charge >= 0.3 is 5.69 Å². The third kappa shape index (κ3) is 3.77. The number of nitrogens with zero attached hydrogens (tertiary/aromatic N) is 1. The summed E-state index contributed by atoms with van der Waals surface area (Å²) in [6.07, 6.45) is 1.51. The Labute approximate surface area is 103 Å². The summed E-state index contributed by atoms with van der Waals surface area (Å²) < 4.78 is 13.0. The fraction of sp³-hybridized carbons (Fsp3) is 0.364. The monoisotopic (exact) mass is 255 g/mol. The zero-order valence-corrected chi connectivity index (χ0v) is 9.69. The van der Waals surface area contributed by atoms with E-state index < -0.39 is 22.3 Å². The molecule has 0 fully saturated rings. The van der Waals surface area contributed by atoms with Gasteiger partial charge in [0, 0.05) is 18.2 Å². The molecule has 6 nitrogen and oxygen atoms in total. The number of nitro benzene ring substituents is 1. The molecule has 0 aliphatic carbocycles. The SMILES string of the molecule is NCCCCNC(=O)c1ccc(F)c([N+](=O)[O-])c1. The molecule has 0 aliphatic heterocycles. The normalized spacial score (nSPS) is 10.1. The Hall–Kier alpha value is -2.02. The van der Waals surface area contributed by atoms with Crippen LogP contribution in [0.15, 0.2) is 18.2 Å². The van der Waals surface area contributed by atoms with Crippen molar-refractivity contribution in [3.63, 3.8) is 0 Å². The molecule has 1 rings (SSSR count). The van der Waals surface area contributed by atoms with Crippen LogP contribution in [0.1, 0.15) is 23.2 Å². The summed E-state index contributed by atoms with van der Waals surface area (Å²) in [5.41, 5.74) is 4.66. The Kier molecular flexibility index (Phi) is 5.19. The fourth-order valence-electron chi connectivity index (χ4n) is 1.37. The molecular weight excluding hydrogens is 241 g/mol. The molecule has 0 radical (unpaired) electrons. The van der Waals surface area contributed by atoms with Gasteiger partial charge in [-0.25, -0.2) is 0 Å². The van der Waals surface area contributed by atoms with Gasteiger partial charge in [0.1, 0.15) is 0 Å². The minimum absolute atomic E-state index is 0.0656. The van der Waals surface area contributed by atoms with Gasteiger partial charge in [-0.1, -0.05) is 0 Å². The second-order valence-corrected chi connectivity index (χ2v) is 3.67. The zero-order valence-electron chi connectivity index (χ0n) is 9.69. The van der Waals surface area contributed by atoms with E-state index in [9.17, 15) is 19.3 Å². The number of carbonyl (C=O) groups is 1. The largest absolute Gasteiger partial charge is 0.352 e. The smallest absolute Gasteiger partial charge is 0.305 e. The molecule has 0 saturated heterocycles. The number of rotatable bonds is 6. The van der Waals surface area contributed by atoms with Gasteiger partial charge in [0.25, 0.3) is 5.91 Å². The predicted octanol–water partition coefficient (Wildman–Crippen LogP) is 1.20. The number of nitro groups is 1. The molecule has 1 aromatic carbocycles. The third-order valence-corrected chi connectivity index (χ3v) is 2.32. The second kappa shape index (κ2) is 6.65. The Morgan fingerprint density at radius 3 is 2.78 bits per heavy atom. The highest BCUT2D eigenvalue weighted by Gasteiger charge is 2.17. The van der Waals surface area contributed by atoms with Crippen LogP contribution in [0.5, 0.6) is 0 Å². The van der Waals surface area contributed by atoms with Gasteiger partial charge in [0.2, 0.25) is 5.82 Å². The second-order valence-electron chi connectivity index (χ2n) is 3.67. The van der Waals surface area contributed by atoms with E-state index in [2.05, 4.69) is 5.32 Å². The van der Waals surface area contributed by atoms with Crippen LogP contribution in [-0.2, 0) is 0 Å². The van der Waals surface area contributed by atoms with Crippen LogP contribution in [0.3, 0.4) is 0 Å². The molecule has 0 heterocycles. The zero-order chi connectivity index (χ0) is 13.5. The lowest BCUT2D eigenvalue weighted by Gasteiger charge is -2.04. The first-order chi connectivity index (χ1) is 8.56. The van der Waals surface area contributed by atoms with Crippen LogP contribution in [0.2, 0.25) is 0 Å². The molecule has 98 valence electrons. The van der Waals surface area contributed by atoms with E-state index >= 15 is 0 Å². The number of carbonyl (C=O) groups excluding carboxylic acids is 1. The molecule has 3 N–H and O–H groups in total. The summed E-state index contributed by atoms with van der Waals surface area (Å²) in [6, 6.07) is 3.04. The van der Waals surface area contributed by atoms with Crippen molar-refractivity contribution in [3.8, 4) is 0 Å². The minimum atomic E-state index is -0.959. The maximum absolute atomic E-state index is 13.0. The molecule has 18 heavy (non-hydrogen) atoms. The summed E-state index contributed by atoms with van der Waals surface area (Å²) >= 11 is 0. The van der Waals surface area contributed by atoms with Gasteiger partial charge in [-0.15, -0.1) is 0 Å². The number of hydrogen-bond acceptors (Lipinski definition) is 4. The summed E-state index contributed by atoms with van der Waals surface area (Å²) in [5.74, 6) is -1.42. The average molecular weight is 255 g/mol. The van der Waals surface area contributed by atoms with Crippen molar-refractivity contribution in [3.05, 3.63) is 39.7 Å². The molecule has 0 spiro atoms. The number of unbranched alkanes of at least 4 members (excludes halogenated alkanes) is 1. The first kappa shape index (κ1) is 14.0. The summed E-state index contributed by atoms with van der Waals surface area (Å²) in [5, 5.41) is 13.1. The lowest BCUT2D eigenvalue weighted by Crippen LogP contribution is -2.25. The van der Waals surface area contributed by atoms with Crippen molar-refractivity contribution in [2.75, 3.05) is 13.1 Å². The molecular formula is C11H14FN3O3. The van der Waals surface area contributed by atoms with Crippen molar-refractivity contribution in [1.82, 2.24) is 5.32 Å². The van der Waals surface area contributed by atoms with E-state index in [0.717, 1.165) is 25.0 Å². The maximum Gasteiger partial charge on any atom is 0.305 e. The van der Waals surface area contributed by atoms with Crippen LogP contribution in [0.25, 0.3) is 0 Å². The lowest BCUT2D eigenvalue weighted by atomic mass is 10.2. The van der Waals surface area contributed by atoms with Gasteiger partial charge in [0.05, 0.1) is 4.92 Å². The highest BCUT2D eigenvalue weighted by molar-refractivity contribution is 5.94. The first-order valence-electron chi connectivity index (χ1n) is 5.48. The minimum Gasteiger partial charge on any atom is -0.352 e. The summed E-state index contributed by atoms with van der Waals surface area (Å²) in [4.78, 5) is 21.3. The molecule has 0 unspecified atom stereocenters. The topological polar surface area (TPSA) is 98.3 Å². The van der Waals surface area contributed by atoms with Crippen LogP contribution in [0, 0.1) is 15.9 Å². The summed E-state index contributed by atoms with van der Waals surface area (Å²) in [6.45, 7) is 0.971. The van der Waals surface area contributed by atoms with Gasteiger partial charge in [-0.2, -0.15) is 4.39 Å². The third-order valence-electron chi connectivity index (χ3n) is 2.32. The predicted molar refractivity (Wildman–Crippen MR) is 63.7 cm³/mol. The van der Waals surface area contributed by atoms with Gasteiger partial charge in [0.15, 0.2) is 0 Å². The Morgan fingerprint density at radius 2 is 2.17 bits per heavy atom. The number of nitrogens with two attached hydrogens (primary N) is 1. The van der Waals surface area contributed by atoms with E-state index in [1.54, 1.807) is 0 Å². The first-order valence-corrected chi connectivity index (χ1v) is 5.48. The highest BCUT2D eigenvalue weighted by Crippen LogP contribution is 2.18. The number of benzene rings is 1. The maximum atomic E-state index is 13.0. The van der Waals surface area contributed by atoms with E-state index in [0.29, 0.717) is 13.1 Å². The van der Waals surface area contributed by atoms with Crippen molar-refractivity contribution >= 4 is 11.6 Å². The van der Waals surface area contributed by atoms with E-state index in [4.69, 9.17) is 5.73 Å². The van der Waals surface area contributed by atoms with Gasteiger partial charge in [-0.05, 0) is 31.5 Å². The van der Waals surface area contributed by atoms with Crippen LogP contribution in [0.4, 0.5) is 10.1 Å². The van der Waals surface area contributed by atoms with Crippen molar-refractivity contribution in [2.24, 2.45) is 5.73 Å². The Morgan fingerprint density at radius 1 is 1.44 bits per heavy atom. The number of nitrogens with one attached hydrogen (secondary N) is 1. The quantitative estimate of drug-likeness (QED) is 0.453. The van der Waals surface area contributed by atoms with Crippen LogP contribution in [-0.4, -0.2) is 23.9 Å². The Balaban J connectivity index is 2.68. The Bertz CT molecular complexity index is 451. The van der Waals surface area contributed by atoms with Crippen LogP contribution < -0.4 is 11.1 Å². The fourth-order valence-corrected chi connectivity index (χ4v) is 1.37. The average Bonchev–Trinajstić information content (AvgIpc) is 2.34. The lowest BCUT2D eigenvalue weighted by molar-refractivity contribution is -0.387. The molecule has 0 bridgehead atoms. The molecule has 0 atom stereocenters. The van der Waals surface area contributed by atoms with E-state index in [1.807, 2.05) is 0 Å². The number of amides is 1. The standard InChI is InChI=1S/C11H14FN3O3/c12-9-4-3-8(7-10(9)15(17)18)11(16)14-6-2-1-5-13/h3-4,7H,1-2,5-6,13H2,(H,14,16). The van der Waals surface area contributed by atoms with E-state index in [1.165, 1.54) is 6.07 Å². The molecule has 0 aliphatic rings. The molecule has 7 heteroatoms. The van der Waals surface area contributed by atoms with Crippen molar-refractivity contribution in [2.45, 2.75) is 12.8 Å². The highest BCUT2D eigenvalue weighted by atomic mass is 19.1. The van der Waals surface area contributed by atoms with Crippen molar-refractivity contribution < 1.29 is 14.1 Å². The molecule has 0 saturated carbocycles. The molecule has 0 aromatic heterocycles. The van der Waals surface area contributed by atoms with Crippen LogP contribution >= 0.6 is 0 Å². The number of halogens is 1.